The van der Waals surface area contributed by atoms with Gasteiger partial charge in [-0.05, 0) is 59.2 Å². The van der Waals surface area contributed by atoms with E-state index in [0.717, 1.165) is 4.90 Å². The molecule has 0 radical (unpaired) electrons. The van der Waals surface area contributed by atoms with Crippen LogP contribution >= 0.6 is 0 Å². The Hall–Kier alpha value is -2.77. The highest BCUT2D eigenvalue weighted by molar-refractivity contribution is 5.80. The molecule has 1 rings (SSSR count). The van der Waals surface area contributed by atoms with E-state index in [4.69, 9.17) is 9.47 Å². The van der Waals surface area contributed by atoms with E-state index in [-0.39, 0.29) is 13.0 Å². The predicted octanol–water partition coefficient (Wildman–Crippen LogP) is 3.18. The van der Waals surface area contributed by atoms with E-state index in [9.17, 15) is 24.6 Å². The Bertz CT molecular complexity index is 716. The van der Waals surface area contributed by atoms with Crippen molar-refractivity contribution in [2.75, 3.05) is 6.61 Å². The van der Waals surface area contributed by atoms with Crippen LogP contribution in [0.25, 0.3) is 0 Å². The summed E-state index contributed by atoms with van der Waals surface area (Å²) in [6.07, 6.45) is -1.35. The summed E-state index contributed by atoms with van der Waals surface area (Å²) in [5.41, 5.74) is -0.936. The molecule has 2 N–H and O–H groups in total. The van der Waals surface area contributed by atoms with Gasteiger partial charge in [0.05, 0.1) is 0 Å². The molecule has 0 saturated carbocycles. The molecule has 0 bridgehead atoms. The number of carboxylic acid groups (broad SMARTS) is 2. The lowest BCUT2D eigenvalue weighted by molar-refractivity contribution is -0.157. The van der Waals surface area contributed by atoms with E-state index in [1.807, 2.05) is 0 Å². The molecular formula is C20H29NO7. The van der Waals surface area contributed by atoms with Crippen molar-refractivity contribution < 1.29 is 34.1 Å². The van der Waals surface area contributed by atoms with Crippen LogP contribution in [0.3, 0.4) is 0 Å². The van der Waals surface area contributed by atoms with Crippen LogP contribution in [0.4, 0.5) is 4.79 Å². The molecule has 28 heavy (non-hydrogen) atoms. The van der Waals surface area contributed by atoms with Crippen molar-refractivity contribution in [1.82, 2.24) is 4.90 Å². The number of esters is 1. The van der Waals surface area contributed by atoms with Crippen LogP contribution in [0.1, 0.15) is 47.1 Å². The maximum absolute atomic E-state index is 11.8. The Morgan fingerprint density at radius 3 is 2.14 bits per heavy atom. The number of amides is 1. The second-order valence-corrected chi connectivity index (χ2v) is 8.40. The Morgan fingerprint density at radius 2 is 1.68 bits per heavy atom. The monoisotopic (exact) mass is 395 g/mol. The van der Waals surface area contributed by atoms with Crippen molar-refractivity contribution in [1.29, 1.82) is 0 Å². The molecule has 0 aliphatic carbocycles. The molecule has 1 amide bonds. The van der Waals surface area contributed by atoms with Gasteiger partial charge >= 0.3 is 18.0 Å². The Kier molecular flexibility index (Phi) is 7.43. The number of ether oxygens (including phenoxy) is 2. The molecule has 0 fully saturated rings. The Balaban J connectivity index is 2.93. The minimum absolute atomic E-state index is 0.0391. The average Bonchev–Trinajstić information content (AvgIpc) is 2.49. The van der Waals surface area contributed by atoms with Crippen molar-refractivity contribution in [2.45, 2.75) is 65.1 Å². The quantitative estimate of drug-likeness (QED) is 0.682. The zero-order valence-electron chi connectivity index (χ0n) is 17.2. The van der Waals surface area contributed by atoms with Crippen LogP contribution in [0.5, 0.6) is 5.75 Å². The number of hydrogen-bond donors (Lipinski definition) is 2. The fraction of sp³-hybridized carbons (Fsp3) is 0.550. The first-order valence-electron chi connectivity index (χ1n) is 8.89. The number of carboxylic acids is 1. The number of hydrogen-bond acceptors (Lipinski definition) is 5. The number of rotatable bonds is 7. The van der Waals surface area contributed by atoms with E-state index >= 15 is 0 Å². The predicted molar refractivity (Wildman–Crippen MR) is 103 cm³/mol. The van der Waals surface area contributed by atoms with E-state index in [0.29, 0.717) is 11.3 Å². The minimum Gasteiger partial charge on any atom is -0.482 e. The summed E-state index contributed by atoms with van der Waals surface area (Å²) in [7, 11) is 0. The van der Waals surface area contributed by atoms with Gasteiger partial charge in [-0.2, -0.15) is 0 Å². The van der Waals surface area contributed by atoms with Gasteiger partial charge in [0.1, 0.15) is 17.4 Å². The summed E-state index contributed by atoms with van der Waals surface area (Å²) < 4.78 is 10.6. The SMILES string of the molecule is CC(C)(C)OC(=O)COc1cccc(C[C@@H](C(=O)O)N(C(=O)O)C(C)(C)C)c1. The first kappa shape index (κ1) is 23.3. The van der Waals surface area contributed by atoms with Crippen LogP contribution in [-0.4, -0.2) is 56.9 Å². The molecule has 8 nitrogen and oxygen atoms in total. The molecule has 1 aromatic rings. The lowest BCUT2D eigenvalue weighted by Gasteiger charge is -2.37. The van der Waals surface area contributed by atoms with Crippen molar-refractivity contribution in [2.24, 2.45) is 0 Å². The number of carbonyl (C=O) groups excluding carboxylic acids is 1. The molecule has 1 aromatic carbocycles. The van der Waals surface area contributed by atoms with Crippen molar-refractivity contribution in [3.8, 4) is 5.75 Å². The average molecular weight is 395 g/mol. The highest BCUT2D eigenvalue weighted by atomic mass is 16.6. The summed E-state index contributed by atoms with van der Waals surface area (Å²) in [4.78, 5) is 36.0. The smallest absolute Gasteiger partial charge is 0.408 e. The van der Waals surface area contributed by atoms with Crippen LogP contribution < -0.4 is 4.74 Å². The van der Waals surface area contributed by atoms with E-state index in [1.165, 1.54) is 0 Å². The van der Waals surface area contributed by atoms with Crippen LogP contribution in [0, 0.1) is 0 Å². The van der Waals surface area contributed by atoms with Crippen LogP contribution in [0.15, 0.2) is 24.3 Å². The second-order valence-electron chi connectivity index (χ2n) is 8.40. The van der Waals surface area contributed by atoms with Gasteiger partial charge in [0, 0.05) is 12.0 Å². The fourth-order valence-corrected chi connectivity index (χ4v) is 2.68. The third-order valence-electron chi connectivity index (χ3n) is 3.63. The van der Waals surface area contributed by atoms with Crippen LogP contribution in [-0.2, 0) is 20.7 Å². The van der Waals surface area contributed by atoms with Gasteiger partial charge in [0.25, 0.3) is 0 Å². The molecule has 0 aliphatic heterocycles. The third-order valence-corrected chi connectivity index (χ3v) is 3.63. The van der Waals surface area contributed by atoms with Crippen molar-refractivity contribution >= 4 is 18.0 Å². The zero-order chi connectivity index (χ0) is 21.7. The van der Waals surface area contributed by atoms with E-state index in [1.54, 1.807) is 65.8 Å². The molecule has 0 saturated heterocycles. The van der Waals surface area contributed by atoms with Crippen LogP contribution in [0.2, 0.25) is 0 Å². The Labute approximate surface area is 165 Å². The molecule has 0 unspecified atom stereocenters. The summed E-state index contributed by atoms with van der Waals surface area (Å²) in [6, 6.07) is 5.28. The molecule has 8 heteroatoms. The first-order valence-corrected chi connectivity index (χ1v) is 8.89. The molecule has 0 spiro atoms. The molecule has 0 heterocycles. The van der Waals surface area contributed by atoms with E-state index in [2.05, 4.69) is 0 Å². The molecular weight excluding hydrogens is 366 g/mol. The van der Waals surface area contributed by atoms with Gasteiger partial charge in [-0.15, -0.1) is 0 Å². The zero-order valence-corrected chi connectivity index (χ0v) is 17.2. The number of aliphatic carboxylic acids is 1. The van der Waals surface area contributed by atoms with Gasteiger partial charge in [-0.25, -0.2) is 14.4 Å². The topological polar surface area (TPSA) is 113 Å². The highest BCUT2D eigenvalue weighted by Gasteiger charge is 2.37. The standard InChI is InChI=1S/C20H29NO7/c1-19(2,3)21(18(25)26)15(17(23)24)11-13-8-7-9-14(10-13)27-12-16(22)28-20(4,5)6/h7-10,15H,11-12H2,1-6H3,(H,23,24)(H,25,26)/t15-/m0/s1. The maximum Gasteiger partial charge on any atom is 0.408 e. The maximum atomic E-state index is 11.8. The van der Waals surface area contributed by atoms with Gasteiger partial charge in [0.2, 0.25) is 0 Å². The van der Waals surface area contributed by atoms with Crippen molar-refractivity contribution in [3.05, 3.63) is 29.8 Å². The van der Waals surface area contributed by atoms with Crippen molar-refractivity contribution in [3.63, 3.8) is 0 Å². The number of benzene rings is 1. The van der Waals surface area contributed by atoms with Gasteiger partial charge < -0.3 is 19.7 Å². The molecule has 0 aliphatic rings. The van der Waals surface area contributed by atoms with E-state index < -0.39 is 35.2 Å². The Morgan fingerprint density at radius 1 is 1.07 bits per heavy atom. The lowest BCUT2D eigenvalue weighted by Crippen LogP contribution is -2.55. The first-order chi connectivity index (χ1) is 12.7. The summed E-state index contributed by atoms with van der Waals surface area (Å²) in [5, 5.41) is 19.1. The van der Waals surface area contributed by atoms with Gasteiger partial charge in [-0.1, -0.05) is 12.1 Å². The normalized spacial score (nSPS) is 12.8. The third kappa shape index (κ3) is 7.46. The molecule has 156 valence electrons. The highest BCUT2D eigenvalue weighted by Crippen LogP contribution is 2.22. The van der Waals surface area contributed by atoms with Gasteiger partial charge in [0.15, 0.2) is 6.61 Å². The molecule has 1 atom stereocenters. The fourth-order valence-electron chi connectivity index (χ4n) is 2.68. The lowest BCUT2D eigenvalue weighted by atomic mass is 9.98. The summed E-state index contributed by atoms with van der Waals surface area (Å²) in [5.74, 6) is -1.39. The number of carbonyl (C=O) groups is 3. The minimum atomic E-state index is -1.31. The number of nitrogens with zero attached hydrogens (tertiary/aromatic N) is 1. The van der Waals surface area contributed by atoms with Gasteiger partial charge in [-0.3, -0.25) is 4.90 Å². The largest absolute Gasteiger partial charge is 0.482 e. The second kappa shape index (κ2) is 8.95. The molecule has 0 aromatic heterocycles. The summed E-state index contributed by atoms with van der Waals surface area (Å²) in [6.45, 7) is 9.88. The summed E-state index contributed by atoms with van der Waals surface area (Å²) >= 11 is 0.